The van der Waals surface area contributed by atoms with Crippen molar-refractivity contribution in [2.75, 3.05) is 20.2 Å². The fraction of sp³-hybridized carbons (Fsp3) is 0.545. The summed E-state index contributed by atoms with van der Waals surface area (Å²) >= 11 is 0. The molecule has 2 aliphatic rings. The second-order valence-electron chi connectivity index (χ2n) is 7.94. The molecule has 2 unspecified atom stereocenters. The van der Waals surface area contributed by atoms with Crippen LogP contribution in [0, 0.1) is 11.2 Å². The minimum Gasteiger partial charge on any atom is -0.378 e. The molecule has 2 N–H and O–H groups in total. The summed E-state index contributed by atoms with van der Waals surface area (Å²) in [5.74, 6) is 0.598. The Morgan fingerprint density at radius 3 is 2.76 bits per heavy atom. The summed E-state index contributed by atoms with van der Waals surface area (Å²) in [7, 11) is 1.81. The fourth-order valence-corrected chi connectivity index (χ4v) is 4.54. The Labute approximate surface area is 171 Å². The second-order valence-corrected chi connectivity index (χ2v) is 7.94. The van der Waals surface area contributed by atoms with E-state index in [-0.39, 0.29) is 5.82 Å². The molecule has 0 saturated heterocycles. The monoisotopic (exact) mass is 399 g/mol. The lowest BCUT2D eigenvalue weighted by Gasteiger charge is -2.61. The number of rotatable bonds is 7. The molecule has 0 radical (unpaired) electrons. The summed E-state index contributed by atoms with van der Waals surface area (Å²) in [5, 5.41) is 11.6. The van der Waals surface area contributed by atoms with Crippen molar-refractivity contribution in [2.45, 2.75) is 51.2 Å². The van der Waals surface area contributed by atoms with Gasteiger partial charge in [-0.15, -0.1) is 0 Å². The van der Waals surface area contributed by atoms with Crippen LogP contribution >= 0.6 is 0 Å². The number of guanidine groups is 1. The maximum atomic E-state index is 13.1. The molecule has 1 aromatic heterocycles. The first-order valence-electron chi connectivity index (χ1n) is 10.5. The molecule has 2 fully saturated rings. The number of ether oxygens (including phenoxy) is 1. The van der Waals surface area contributed by atoms with Crippen molar-refractivity contribution < 1.29 is 9.13 Å². The Morgan fingerprint density at radius 2 is 2.10 bits per heavy atom. The first-order valence-corrected chi connectivity index (χ1v) is 10.5. The number of benzene rings is 1. The molecule has 0 amide bonds. The molecule has 0 aliphatic heterocycles. The predicted molar refractivity (Wildman–Crippen MR) is 112 cm³/mol. The molecule has 1 spiro atoms. The van der Waals surface area contributed by atoms with Gasteiger partial charge in [-0.3, -0.25) is 4.99 Å². The van der Waals surface area contributed by atoms with E-state index < -0.39 is 0 Å². The normalized spacial score (nSPS) is 22.8. The topological polar surface area (TPSA) is 63.5 Å². The van der Waals surface area contributed by atoms with E-state index in [1.54, 1.807) is 16.8 Å². The third-order valence-corrected chi connectivity index (χ3v) is 6.38. The van der Waals surface area contributed by atoms with Crippen molar-refractivity contribution >= 4 is 5.96 Å². The summed E-state index contributed by atoms with van der Waals surface area (Å²) in [5.41, 5.74) is 2.14. The van der Waals surface area contributed by atoms with Crippen LogP contribution in [0.1, 0.15) is 38.3 Å². The quantitative estimate of drug-likeness (QED) is 0.555. The van der Waals surface area contributed by atoms with Crippen molar-refractivity contribution in [3.8, 4) is 5.69 Å². The van der Waals surface area contributed by atoms with Crippen LogP contribution in [0.15, 0.2) is 41.5 Å². The highest BCUT2D eigenvalue weighted by atomic mass is 19.1. The van der Waals surface area contributed by atoms with Crippen LogP contribution in [0.5, 0.6) is 0 Å². The van der Waals surface area contributed by atoms with Crippen LogP contribution < -0.4 is 10.6 Å². The number of nitrogens with one attached hydrogen (secondary N) is 2. The van der Waals surface area contributed by atoms with Gasteiger partial charge in [-0.25, -0.2) is 9.07 Å². The van der Waals surface area contributed by atoms with Gasteiger partial charge in [-0.2, -0.15) is 5.10 Å². The minimum absolute atomic E-state index is 0.244. The van der Waals surface area contributed by atoms with Gasteiger partial charge >= 0.3 is 0 Å². The van der Waals surface area contributed by atoms with Crippen molar-refractivity contribution in [2.24, 2.45) is 10.4 Å². The van der Waals surface area contributed by atoms with Crippen LogP contribution in [-0.2, 0) is 11.2 Å². The Bertz CT molecular complexity index is 843. The van der Waals surface area contributed by atoms with Gasteiger partial charge in [0.2, 0.25) is 0 Å². The lowest BCUT2D eigenvalue weighted by Crippen LogP contribution is -2.68. The summed E-state index contributed by atoms with van der Waals surface area (Å²) in [6.07, 6.45) is 7.92. The van der Waals surface area contributed by atoms with Gasteiger partial charge in [-0.05, 0) is 56.5 Å². The molecular formula is C22H30FN5O. The average molecular weight is 400 g/mol. The maximum Gasteiger partial charge on any atom is 0.191 e. The summed E-state index contributed by atoms with van der Waals surface area (Å²) < 4.78 is 20.8. The highest BCUT2D eigenvalue weighted by Crippen LogP contribution is 2.57. The lowest BCUT2D eigenvalue weighted by atomic mass is 9.51. The Kier molecular flexibility index (Phi) is 5.85. The third-order valence-electron chi connectivity index (χ3n) is 6.38. The highest BCUT2D eigenvalue weighted by Gasteiger charge is 2.59. The van der Waals surface area contributed by atoms with Gasteiger partial charge < -0.3 is 15.4 Å². The minimum atomic E-state index is -0.244. The second kappa shape index (κ2) is 8.53. The van der Waals surface area contributed by atoms with E-state index in [2.05, 4.69) is 27.6 Å². The molecule has 2 saturated carbocycles. The zero-order valence-corrected chi connectivity index (χ0v) is 17.2. The van der Waals surface area contributed by atoms with E-state index in [4.69, 9.17) is 4.74 Å². The largest absolute Gasteiger partial charge is 0.378 e. The Hall–Kier alpha value is -2.41. The van der Waals surface area contributed by atoms with Gasteiger partial charge in [0.15, 0.2) is 5.96 Å². The smallest absolute Gasteiger partial charge is 0.191 e. The van der Waals surface area contributed by atoms with Crippen LogP contribution in [0.2, 0.25) is 0 Å². The number of hydrogen-bond acceptors (Lipinski definition) is 3. The van der Waals surface area contributed by atoms with Crippen molar-refractivity contribution in [1.82, 2.24) is 20.4 Å². The molecule has 4 rings (SSSR count). The summed E-state index contributed by atoms with van der Waals surface area (Å²) in [6.45, 7) is 3.61. The molecule has 2 atom stereocenters. The van der Waals surface area contributed by atoms with Crippen molar-refractivity contribution in [3.63, 3.8) is 0 Å². The highest BCUT2D eigenvalue weighted by molar-refractivity contribution is 5.80. The summed E-state index contributed by atoms with van der Waals surface area (Å²) in [4.78, 5) is 4.39. The van der Waals surface area contributed by atoms with E-state index >= 15 is 0 Å². The molecule has 2 aliphatic carbocycles. The first-order chi connectivity index (χ1) is 14.1. The van der Waals surface area contributed by atoms with E-state index in [0.29, 0.717) is 17.6 Å². The van der Waals surface area contributed by atoms with Crippen LogP contribution in [-0.4, -0.2) is 48.1 Å². The SMILES string of the molecule is CCOC1CC(NC(=NC)NCCc2ccn(-c3ccc(F)cc3)n2)C12CCC2. The molecule has 156 valence electrons. The number of aromatic nitrogens is 2. The van der Waals surface area contributed by atoms with Gasteiger partial charge in [0.05, 0.1) is 17.5 Å². The number of halogens is 1. The van der Waals surface area contributed by atoms with Gasteiger partial charge in [0.1, 0.15) is 5.82 Å². The fourth-order valence-electron chi connectivity index (χ4n) is 4.54. The average Bonchev–Trinajstić information content (AvgIpc) is 3.14. The summed E-state index contributed by atoms with van der Waals surface area (Å²) in [6, 6.07) is 8.76. The number of aliphatic imine (C=N–C) groups is 1. The lowest BCUT2D eigenvalue weighted by molar-refractivity contribution is -0.168. The van der Waals surface area contributed by atoms with Crippen LogP contribution in [0.3, 0.4) is 0 Å². The molecule has 7 heteroatoms. The van der Waals surface area contributed by atoms with Gasteiger partial charge in [0, 0.05) is 44.3 Å². The van der Waals surface area contributed by atoms with E-state index in [9.17, 15) is 4.39 Å². The number of hydrogen-bond donors (Lipinski definition) is 2. The van der Waals surface area contributed by atoms with Crippen LogP contribution in [0.25, 0.3) is 5.69 Å². The maximum absolute atomic E-state index is 13.1. The standard InChI is InChI=1S/C22H30FN5O/c1-3-29-20-15-19(22(20)11-4-12-22)26-21(24-2)25-13-9-17-10-14-28(27-17)18-7-5-16(23)6-8-18/h5-8,10,14,19-20H,3-4,9,11-13,15H2,1-2H3,(H2,24,25,26). The van der Waals surface area contributed by atoms with Gasteiger partial charge in [-0.1, -0.05) is 6.42 Å². The molecule has 6 nitrogen and oxygen atoms in total. The molecule has 29 heavy (non-hydrogen) atoms. The molecular weight excluding hydrogens is 369 g/mol. The van der Waals surface area contributed by atoms with E-state index in [1.165, 1.54) is 31.4 Å². The molecule has 2 aromatic rings. The Morgan fingerprint density at radius 1 is 1.31 bits per heavy atom. The molecule has 1 heterocycles. The predicted octanol–water partition coefficient (Wildman–Crippen LogP) is 3.07. The van der Waals surface area contributed by atoms with E-state index in [1.807, 2.05) is 19.3 Å². The zero-order chi connectivity index (χ0) is 20.3. The first kappa shape index (κ1) is 19.9. The van der Waals surface area contributed by atoms with Crippen molar-refractivity contribution in [3.05, 3.63) is 48.0 Å². The van der Waals surface area contributed by atoms with Gasteiger partial charge in [0.25, 0.3) is 0 Å². The zero-order valence-electron chi connectivity index (χ0n) is 17.2. The van der Waals surface area contributed by atoms with Crippen molar-refractivity contribution in [1.29, 1.82) is 0 Å². The van der Waals surface area contributed by atoms with E-state index in [0.717, 1.165) is 43.3 Å². The third kappa shape index (κ3) is 4.01. The Balaban J connectivity index is 1.26. The molecule has 1 aromatic carbocycles. The molecule has 0 bridgehead atoms. The number of nitrogens with zero attached hydrogens (tertiary/aromatic N) is 3. The van der Waals surface area contributed by atoms with Crippen LogP contribution in [0.4, 0.5) is 4.39 Å².